The Labute approximate surface area is 164 Å². The second-order valence-electron chi connectivity index (χ2n) is 6.49. The molecule has 0 saturated heterocycles. The molecule has 3 rings (SSSR count). The average molecular weight is 379 g/mol. The van der Waals surface area contributed by atoms with Crippen LogP contribution in [0.15, 0.2) is 48.7 Å². The van der Waals surface area contributed by atoms with Crippen molar-refractivity contribution in [3.05, 3.63) is 59.9 Å². The second-order valence-corrected chi connectivity index (χ2v) is 6.49. The van der Waals surface area contributed by atoms with Crippen LogP contribution in [0.4, 0.5) is 5.69 Å². The first kappa shape index (κ1) is 19.6. The normalized spacial score (nSPS) is 11.9. The summed E-state index contributed by atoms with van der Waals surface area (Å²) >= 11 is 0. The molecule has 2 aromatic carbocycles. The number of nitrogens with one attached hydrogen (secondary N) is 2. The van der Waals surface area contributed by atoms with Crippen molar-refractivity contribution in [2.24, 2.45) is 0 Å². The Morgan fingerprint density at radius 2 is 1.89 bits per heavy atom. The van der Waals surface area contributed by atoms with Crippen molar-refractivity contribution < 1.29 is 14.3 Å². The second kappa shape index (κ2) is 8.71. The molecule has 3 aromatic rings. The number of carbonyl (C=O) groups is 1. The third-order valence-corrected chi connectivity index (χ3v) is 4.82. The van der Waals surface area contributed by atoms with E-state index in [2.05, 4.69) is 27.8 Å². The molecule has 1 amide bonds. The highest BCUT2D eigenvalue weighted by molar-refractivity contribution is 5.97. The Morgan fingerprint density at radius 1 is 1.11 bits per heavy atom. The SMILES string of the molecule is CNC(C)C(=O)Nc1c(Cc2nccc3ccccc23)ccc(OC)c1OC. The first-order chi connectivity index (χ1) is 13.6. The molecular formula is C22H25N3O3. The number of nitrogens with zero attached hydrogens (tertiary/aromatic N) is 1. The number of hydrogen-bond acceptors (Lipinski definition) is 5. The van der Waals surface area contributed by atoms with Gasteiger partial charge < -0.3 is 20.1 Å². The number of benzene rings is 2. The van der Waals surface area contributed by atoms with Gasteiger partial charge >= 0.3 is 0 Å². The molecule has 1 aromatic heterocycles. The van der Waals surface area contributed by atoms with Crippen molar-refractivity contribution in [1.82, 2.24) is 10.3 Å². The first-order valence-electron chi connectivity index (χ1n) is 9.13. The van der Waals surface area contributed by atoms with Gasteiger partial charge in [0.2, 0.25) is 5.91 Å². The summed E-state index contributed by atoms with van der Waals surface area (Å²) in [6.07, 6.45) is 2.35. The molecule has 0 spiro atoms. The third kappa shape index (κ3) is 3.92. The summed E-state index contributed by atoms with van der Waals surface area (Å²) in [6.45, 7) is 1.80. The summed E-state index contributed by atoms with van der Waals surface area (Å²) in [4.78, 5) is 17.1. The van der Waals surface area contributed by atoms with E-state index in [9.17, 15) is 4.79 Å². The van der Waals surface area contributed by atoms with Crippen LogP contribution in [-0.2, 0) is 11.2 Å². The zero-order valence-electron chi connectivity index (χ0n) is 16.6. The summed E-state index contributed by atoms with van der Waals surface area (Å²) in [5.74, 6) is 0.905. The Hall–Kier alpha value is -3.12. The van der Waals surface area contributed by atoms with Gasteiger partial charge in [-0.25, -0.2) is 0 Å². The molecular weight excluding hydrogens is 354 g/mol. The summed E-state index contributed by atoms with van der Waals surface area (Å²) in [7, 11) is 4.88. The maximum absolute atomic E-state index is 12.5. The van der Waals surface area contributed by atoms with Crippen molar-refractivity contribution in [1.29, 1.82) is 0 Å². The predicted molar refractivity (Wildman–Crippen MR) is 111 cm³/mol. The molecule has 1 atom stereocenters. The van der Waals surface area contributed by atoms with Crippen molar-refractivity contribution >= 4 is 22.4 Å². The zero-order valence-corrected chi connectivity index (χ0v) is 16.6. The molecule has 28 heavy (non-hydrogen) atoms. The Balaban J connectivity index is 2.07. The highest BCUT2D eigenvalue weighted by Gasteiger charge is 2.20. The molecule has 0 aliphatic heterocycles. The highest BCUT2D eigenvalue weighted by atomic mass is 16.5. The standard InChI is InChI=1S/C22H25N3O3/c1-14(23-2)22(26)25-20-16(9-10-19(27-3)21(20)28-4)13-18-17-8-6-5-7-15(17)11-12-24-18/h5-12,14,23H,13H2,1-4H3,(H,25,26). The van der Waals surface area contributed by atoms with Crippen LogP contribution in [0, 0.1) is 0 Å². The van der Waals surface area contributed by atoms with Crippen molar-refractivity contribution in [2.45, 2.75) is 19.4 Å². The van der Waals surface area contributed by atoms with Crippen molar-refractivity contribution in [3.8, 4) is 11.5 Å². The van der Waals surface area contributed by atoms with Crippen LogP contribution in [0.2, 0.25) is 0 Å². The van der Waals surface area contributed by atoms with Gasteiger partial charge in [-0.2, -0.15) is 0 Å². The largest absolute Gasteiger partial charge is 0.493 e. The maximum Gasteiger partial charge on any atom is 0.241 e. The summed E-state index contributed by atoms with van der Waals surface area (Å²) < 4.78 is 11.0. The number of carbonyl (C=O) groups excluding carboxylic acids is 1. The molecule has 2 N–H and O–H groups in total. The lowest BCUT2D eigenvalue weighted by molar-refractivity contribution is -0.117. The lowest BCUT2D eigenvalue weighted by atomic mass is 10.0. The van der Waals surface area contributed by atoms with E-state index in [4.69, 9.17) is 9.47 Å². The van der Waals surface area contributed by atoms with Crippen LogP contribution in [-0.4, -0.2) is 38.2 Å². The van der Waals surface area contributed by atoms with Gasteiger partial charge in [0.1, 0.15) is 0 Å². The molecule has 0 saturated carbocycles. The smallest absolute Gasteiger partial charge is 0.241 e. The van der Waals surface area contributed by atoms with E-state index in [0.29, 0.717) is 23.6 Å². The van der Waals surface area contributed by atoms with Gasteiger partial charge in [-0.05, 0) is 37.1 Å². The van der Waals surface area contributed by atoms with Crippen LogP contribution in [0.3, 0.4) is 0 Å². The van der Waals surface area contributed by atoms with Gasteiger partial charge in [0.25, 0.3) is 0 Å². The lowest BCUT2D eigenvalue weighted by Crippen LogP contribution is -2.35. The molecule has 1 unspecified atom stereocenters. The Bertz CT molecular complexity index is 983. The average Bonchev–Trinajstić information content (AvgIpc) is 2.74. The minimum absolute atomic E-state index is 0.152. The van der Waals surface area contributed by atoms with Crippen LogP contribution in [0.1, 0.15) is 18.2 Å². The van der Waals surface area contributed by atoms with Gasteiger partial charge in [0, 0.05) is 18.0 Å². The minimum Gasteiger partial charge on any atom is -0.493 e. The first-order valence-corrected chi connectivity index (χ1v) is 9.13. The number of rotatable bonds is 7. The Morgan fingerprint density at radius 3 is 2.61 bits per heavy atom. The molecule has 0 bridgehead atoms. The molecule has 146 valence electrons. The fourth-order valence-electron chi connectivity index (χ4n) is 3.12. The molecule has 0 aliphatic rings. The van der Waals surface area contributed by atoms with Gasteiger partial charge in [-0.3, -0.25) is 9.78 Å². The van der Waals surface area contributed by atoms with E-state index in [1.165, 1.54) is 0 Å². The summed E-state index contributed by atoms with van der Waals surface area (Å²) in [6, 6.07) is 13.5. The fourth-order valence-corrected chi connectivity index (χ4v) is 3.12. The van der Waals surface area contributed by atoms with Crippen LogP contribution < -0.4 is 20.1 Å². The molecule has 1 heterocycles. The van der Waals surface area contributed by atoms with Crippen molar-refractivity contribution in [2.75, 3.05) is 26.6 Å². The molecule has 6 heteroatoms. The van der Waals surface area contributed by atoms with E-state index in [1.54, 1.807) is 34.4 Å². The number of methoxy groups -OCH3 is 2. The number of ether oxygens (including phenoxy) is 2. The monoisotopic (exact) mass is 379 g/mol. The number of anilines is 1. The van der Waals surface area contributed by atoms with Crippen molar-refractivity contribution in [3.63, 3.8) is 0 Å². The Kier molecular flexibility index (Phi) is 6.11. The number of hydrogen-bond donors (Lipinski definition) is 2. The topological polar surface area (TPSA) is 72.5 Å². The van der Waals surface area contributed by atoms with Crippen LogP contribution in [0.5, 0.6) is 11.5 Å². The van der Waals surface area contributed by atoms with Crippen LogP contribution in [0.25, 0.3) is 10.8 Å². The number of fused-ring (bicyclic) bond motifs is 1. The minimum atomic E-state index is -0.348. The number of likely N-dealkylation sites (N-methyl/N-ethyl adjacent to an activating group) is 1. The van der Waals surface area contributed by atoms with E-state index >= 15 is 0 Å². The molecule has 0 aliphatic carbocycles. The van der Waals surface area contributed by atoms with E-state index in [-0.39, 0.29) is 11.9 Å². The maximum atomic E-state index is 12.5. The number of amides is 1. The quantitative estimate of drug-likeness (QED) is 0.658. The lowest BCUT2D eigenvalue weighted by Gasteiger charge is -2.19. The summed E-state index contributed by atoms with van der Waals surface area (Å²) in [5.41, 5.74) is 2.43. The van der Waals surface area contributed by atoms with E-state index in [1.807, 2.05) is 30.3 Å². The molecule has 6 nitrogen and oxygen atoms in total. The number of aromatic nitrogens is 1. The van der Waals surface area contributed by atoms with Crippen LogP contribution >= 0.6 is 0 Å². The molecule has 0 fully saturated rings. The molecule has 0 radical (unpaired) electrons. The van der Waals surface area contributed by atoms with Gasteiger partial charge in [0.05, 0.1) is 31.6 Å². The van der Waals surface area contributed by atoms with E-state index < -0.39 is 0 Å². The van der Waals surface area contributed by atoms with Gasteiger partial charge in [0.15, 0.2) is 11.5 Å². The van der Waals surface area contributed by atoms with Gasteiger partial charge in [-0.1, -0.05) is 30.3 Å². The van der Waals surface area contributed by atoms with Gasteiger partial charge in [-0.15, -0.1) is 0 Å². The predicted octanol–water partition coefficient (Wildman–Crippen LogP) is 3.39. The fraction of sp³-hybridized carbons (Fsp3) is 0.273. The third-order valence-electron chi connectivity index (χ3n) is 4.82. The highest BCUT2D eigenvalue weighted by Crippen LogP contribution is 2.39. The summed E-state index contributed by atoms with van der Waals surface area (Å²) in [5, 5.41) is 8.15. The zero-order chi connectivity index (χ0) is 20.1. The van der Waals surface area contributed by atoms with E-state index in [0.717, 1.165) is 22.0 Å². The number of pyridine rings is 1.